The summed E-state index contributed by atoms with van der Waals surface area (Å²) in [7, 11) is -3.73. The molecule has 0 radical (unpaired) electrons. The second kappa shape index (κ2) is 5.12. The van der Waals surface area contributed by atoms with E-state index in [1.165, 1.54) is 29.7 Å². The van der Waals surface area contributed by atoms with Crippen molar-refractivity contribution in [3.05, 3.63) is 35.0 Å². The number of sulfonamides is 1. The molecule has 2 N–H and O–H groups in total. The van der Waals surface area contributed by atoms with Gasteiger partial charge in [0.15, 0.2) is 10.2 Å². The van der Waals surface area contributed by atoms with Crippen molar-refractivity contribution in [3.8, 4) is 0 Å². The minimum Gasteiger partial charge on any atom is -0.392 e. The Labute approximate surface area is 120 Å². The van der Waals surface area contributed by atoms with E-state index in [1.54, 1.807) is 0 Å². The Morgan fingerprint density at radius 2 is 2.20 bits per heavy atom. The molecule has 0 atom stereocenters. The number of aliphatic hydroxyl groups excluding tert-OH is 1. The monoisotopic (exact) mass is 311 g/mol. The predicted octanol–water partition coefficient (Wildman–Crippen LogP) is 1.71. The number of nitrogens with zero attached hydrogens (tertiary/aromatic N) is 2. The first-order valence-corrected chi connectivity index (χ1v) is 8.49. The van der Waals surface area contributed by atoms with Crippen LogP contribution in [0.4, 0.5) is 5.13 Å². The van der Waals surface area contributed by atoms with Gasteiger partial charge >= 0.3 is 0 Å². The quantitative estimate of drug-likeness (QED) is 0.877. The van der Waals surface area contributed by atoms with E-state index in [2.05, 4.69) is 14.7 Å². The van der Waals surface area contributed by atoms with Crippen molar-refractivity contribution in [2.75, 3.05) is 4.72 Å². The summed E-state index contributed by atoms with van der Waals surface area (Å²) in [6, 6.07) is 2.89. The molecule has 0 aliphatic heterocycles. The molecular formula is C12H13N3O3S2. The fraction of sp³-hybridized carbons (Fsp3) is 0.333. The van der Waals surface area contributed by atoms with Gasteiger partial charge in [0.1, 0.15) is 0 Å². The van der Waals surface area contributed by atoms with Crippen LogP contribution in [0, 0.1) is 0 Å². The van der Waals surface area contributed by atoms with Crippen LogP contribution in [0.2, 0.25) is 0 Å². The van der Waals surface area contributed by atoms with Crippen molar-refractivity contribution in [1.29, 1.82) is 0 Å². The molecule has 3 rings (SSSR count). The van der Waals surface area contributed by atoms with Gasteiger partial charge in [-0.15, -0.1) is 11.3 Å². The molecule has 20 heavy (non-hydrogen) atoms. The van der Waals surface area contributed by atoms with Crippen LogP contribution in [0.15, 0.2) is 28.7 Å². The molecule has 2 heterocycles. The van der Waals surface area contributed by atoms with Crippen molar-refractivity contribution < 1.29 is 13.5 Å². The van der Waals surface area contributed by atoms with Crippen LogP contribution >= 0.6 is 11.3 Å². The SMILES string of the molecule is O=S(=O)(Nc1nc(C2CC2)cs1)c1ccc(CO)cn1. The molecular weight excluding hydrogens is 298 g/mol. The maximum Gasteiger partial charge on any atom is 0.281 e. The van der Waals surface area contributed by atoms with Gasteiger partial charge in [-0.1, -0.05) is 6.07 Å². The van der Waals surface area contributed by atoms with Crippen LogP contribution in [0.3, 0.4) is 0 Å². The first-order valence-electron chi connectivity index (χ1n) is 6.12. The number of pyridine rings is 1. The lowest BCUT2D eigenvalue weighted by Gasteiger charge is -2.04. The fourth-order valence-electron chi connectivity index (χ4n) is 1.73. The molecule has 6 nitrogen and oxygen atoms in total. The highest BCUT2D eigenvalue weighted by Gasteiger charge is 2.27. The topological polar surface area (TPSA) is 92.2 Å². The van der Waals surface area contributed by atoms with Crippen molar-refractivity contribution >= 4 is 26.5 Å². The molecule has 2 aromatic rings. The van der Waals surface area contributed by atoms with Gasteiger partial charge in [0.05, 0.1) is 12.3 Å². The summed E-state index contributed by atoms with van der Waals surface area (Å²) in [5.74, 6) is 0.492. The fourth-order valence-corrected chi connectivity index (χ4v) is 3.71. The second-order valence-electron chi connectivity index (χ2n) is 4.62. The standard InChI is InChI=1S/C12H13N3O3S2/c16-6-8-1-4-11(13-5-8)20(17,18)15-12-14-10(7-19-12)9-2-3-9/h1,4-5,7,9,16H,2-3,6H2,(H,14,15). The molecule has 1 aliphatic carbocycles. The third-order valence-corrected chi connectivity index (χ3v) is 5.15. The molecule has 0 unspecified atom stereocenters. The van der Waals surface area contributed by atoms with Gasteiger partial charge in [-0.3, -0.25) is 4.72 Å². The Kier molecular flexibility index (Phi) is 3.45. The molecule has 0 bridgehead atoms. The molecule has 1 fully saturated rings. The van der Waals surface area contributed by atoms with Crippen LogP contribution in [0.1, 0.15) is 30.0 Å². The Bertz CT molecular complexity index is 706. The van der Waals surface area contributed by atoms with Gasteiger partial charge in [-0.05, 0) is 24.5 Å². The number of rotatable bonds is 5. The van der Waals surface area contributed by atoms with Crippen molar-refractivity contribution in [3.63, 3.8) is 0 Å². The number of nitrogens with one attached hydrogen (secondary N) is 1. The van der Waals surface area contributed by atoms with Crippen molar-refractivity contribution in [1.82, 2.24) is 9.97 Å². The molecule has 1 saturated carbocycles. The van der Waals surface area contributed by atoms with E-state index in [9.17, 15) is 8.42 Å². The Morgan fingerprint density at radius 1 is 1.40 bits per heavy atom. The van der Waals surface area contributed by atoms with E-state index in [0.717, 1.165) is 18.5 Å². The average Bonchev–Trinajstić information content (AvgIpc) is 3.20. The maximum atomic E-state index is 12.1. The van der Waals surface area contributed by atoms with Gasteiger partial charge < -0.3 is 5.11 Å². The van der Waals surface area contributed by atoms with E-state index in [1.807, 2.05) is 5.38 Å². The van der Waals surface area contributed by atoms with E-state index < -0.39 is 10.0 Å². The summed E-state index contributed by atoms with van der Waals surface area (Å²) in [5, 5.41) is 11.1. The summed E-state index contributed by atoms with van der Waals surface area (Å²) in [6.45, 7) is -0.169. The number of thiazole rings is 1. The average molecular weight is 311 g/mol. The van der Waals surface area contributed by atoms with E-state index >= 15 is 0 Å². The number of hydrogen-bond donors (Lipinski definition) is 2. The molecule has 0 saturated heterocycles. The first-order chi connectivity index (χ1) is 9.58. The number of aromatic nitrogens is 2. The smallest absolute Gasteiger partial charge is 0.281 e. The zero-order valence-corrected chi connectivity index (χ0v) is 12.1. The largest absolute Gasteiger partial charge is 0.392 e. The second-order valence-corrected chi connectivity index (χ2v) is 7.11. The Balaban J connectivity index is 1.79. The third kappa shape index (κ3) is 2.82. The molecule has 0 aromatic carbocycles. The third-order valence-electron chi connectivity index (χ3n) is 2.99. The minimum absolute atomic E-state index is 0.0853. The summed E-state index contributed by atoms with van der Waals surface area (Å²) in [4.78, 5) is 8.12. The lowest BCUT2D eigenvalue weighted by Crippen LogP contribution is -2.14. The summed E-state index contributed by atoms with van der Waals surface area (Å²) < 4.78 is 26.7. The Morgan fingerprint density at radius 3 is 2.80 bits per heavy atom. The normalized spacial score (nSPS) is 15.2. The van der Waals surface area contributed by atoms with Crippen molar-refractivity contribution in [2.45, 2.75) is 30.4 Å². The Hall–Kier alpha value is -1.51. The molecule has 0 amide bonds. The first kappa shape index (κ1) is 13.5. The van der Waals surface area contributed by atoms with Gasteiger partial charge in [0, 0.05) is 17.5 Å². The maximum absolute atomic E-state index is 12.1. The van der Waals surface area contributed by atoms with Gasteiger partial charge in [-0.25, -0.2) is 9.97 Å². The summed E-state index contributed by atoms with van der Waals surface area (Å²) in [6.07, 6.45) is 3.59. The van der Waals surface area contributed by atoms with Crippen LogP contribution < -0.4 is 4.72 Å². The highest BCUT2D eigenvalue weighted by molar-refractivity contribution is 7.92. The van der Waals surface area contributed by atoms with Crippen LogP contribution in [-0.2, 0) is 16.6 Å². The molecule has 1 aliphatic rings. The molecule has 106 valence electrons. The van der Waals surface area contributed by atoms with Gasteiger partial charge in [0.25, 0.3) is 10.0 Å². The highest BCUT2D eigenvalue weighted by atomic mass is 32.2. The van der Waals surface area contributed by atoms with Crippen LogP contribution in [0.5, 0.6) is 0 Å². The zero-order chi connectivity index (χ0) is 14.2. The molecule has 8 heteroatoms. The lowest BCUT2D eigenvalue weighted by atomic mass is 10.3. The molecule has 0 spiro atoms. The number of aliphatic hydroxyl groups is 1. The minimum atomic E-state index is -3.73. The van der Waals surface area contributed by atoms with Gasteiger partial charge in [0.2, 0.25) is 0 Å². The van der Waals surface area contributed by atoms with Crippen LogP contribution in [-0.4, -0.2) is 23.5 Å². The zero-order valence-electron chi connectivity index (χ0n) is 10.5. The summed E-state index contributed by atoms with van der Waals surface area (Å²) >= 11 is 1.28. The van der Waals surface area contributed by atoms with E-state index in [0.29, 0.717) is 16.6 Å². The number of anilines is 1. The number of hydrogen-bond acceptors (Lipinski definition) is 6. The van der Waals surface area contributed by atoms with E-state index in [-0.39, 0.29) is 11.6 Å². The van der Waals surface area contributed by atoms with Crippen molar-refractivity contribution in [2.24, 2.45) is 0 Å². The molecule has 2 aromatic heterocycles. The van der Waals surface area contributed by atoms with Crippen LogP contribution in [0.25, 0.3) is 0 Å². The lowest BCUT2D eigenvalue weighted by molar-refractivity contribution is 0.281. The van der Waals surface area contributed by atoms with Gasteiger partial charge in [-0.2, -0.15) is 8.42 Å². The summed E-state index contributed by atoms with van der Waals surface area (Å²) in [5.41, 5.74) is 1.52. The highest BCUT2D eigenvalue weighted by Crippen LogP contribution is 2.41. The predicted molar refractivity (Wildman–Crippen MR) is 75.1 cm³/mol. The van der Waals surface area contributed by atoms with E-state index in [4.69, 9.17) is 5.11 Å².